The fourth-order valence-electron chi connectivity index (χ4n) is 1.99. The van der Waals surface area contributed by atoms with Crippen LogP contribution in [0, 0.1) is 0 Å². The first-order valence-electron chi connectivity index (χ1n) is 7.17. The summed E-state index contributed by atoms with van der Waals surface area (Å²) in [7, 11) is -2.46. The second-order valence-electron chi connectivity index (χ2n) is 4.85. The molecule has 0 radical (unpaired) electrons. The smallest absolute Gasteiger partial charge is 0.321 e. The van der Waals surface area contributed by atoms with Crippen LogP contribution in [-0.4, -0.2) is 44.8 Å². The first-order chi connectivity index (χ1) is 10.5. The van der Waals surface area contributed by atoms with E-state index in [1.165, 1.54) is 7.11 Å². The summed E-state index contributed by atoms with van der Waals surface area (Å²) in [6.07, 6.45) is 2.27. The van der Waals surface area contributed by atoms with Gasteiger partial charge in [-0.05, 0) is 37.0 Å². The molecule has 0 aromatic heterocycles. The summed E-state index contributed by atoms with van der Waals surface area (Å²) in [5.41, 5.74) is 1.04. The Hall–Kier alpha value is -1.11. The molecule has 22 heavy (non-hydrogen) atoms. The van der Waals surface area contributed by atoms with Gasteiger partial charge in [0, 0.05) is 12.4 Å². The van der Waals surface area contributed by atoms with E-state index in [2.05, 4.69) is 4.74 Å². The number of benzene rings is 1. The number of hydrogen-bond acceptors (Lipinski definition) is 4. The molecule has 1 rings (SSSR count). The van der Waals surface area contributed by atoms with Crippen LogP contribution in [0.15, 0.2) is 29.2 Å². The van der Waals surface area contributed by atoms with Crippen molar-refractivity contribution in [3.05, 3.63) is 29.8 Å². The number of rotatable bonds is 9. The monoisotopic (exact) mass is 347 g/mol. The second-order valence-corrected chi connectivity index (χ2v) is 7.17. The van der Waals surface area contributed by atoms with Gasteiger partial charge in [-0.1, -0.05) is 19.1 Å². The SMILES string of the molecule is CCCN(CC(=O)OC)S(=O)(=O)c1ccc(CCCCl)cc1. The quantitative estimate of drug-likeness (QED) is 0.508. The van der Waals surface area contributed by atoms with Gasteiger partial charge in [-0.3, -0.25) is 4.79 Å². The van der Waals surface area contributed by atoms with Crippen molar-refractivity contribution < 1.29 is 17.9 Å². The summed E-state index contributed by atoms with van der Waals surface area (Å²) in [5, 5.41) is 0. The number of halogens is 1. The third kappa shape index (κ3) is 5.26. The van der Waals surface area contributed by atoms with Gasteiger partial charge in [-0.2, -0.15) is 4.31 Å². The predicted octanol–water partition coefficient (Wildman–Crippen LogP) is 2.43. The molecule has 0 spiro atoms. The van der Waals surface area contributed by atoms with Gasteiger partial charge in [-0.25, -0.2) is 8.42 Å². The third-order valence-electron chi connectivity index (χ3n) is 3.17. The van der Waals surface area contributed by atoms with E-state index in [4.69, 9.17) is 11.6 Å². The molecule has 0 bridgehead atoms. The van der Waals surface area contributed by atoms with Crippen molar-refractivity contribution in [1.82, 2.24) is 4.31 Å². The highest BCUT2D eigenvalue weighted by Crippen LogP contribution is 2.17. The lowest BCUT2D eigenvalue weighted by atomic mass is 10.1. The molecule has 0 heterocycles. The number of hydrogen-bond donors (Lipinski definition) is 0. The molecule has 0 fully saturated rings. The van der Waals surface area contributed by atoms with E-state index in [0.29, 0.717) is 12.3 Å². The highest BCUT2D eigenvalue weighted by molar-refractivity contribution is 7.89. The molecule has 0 aliphatic rings. The van der Waals surface area contributed by atoms with E-state index >= 15 is 0 Å². The van der Waals surface area contributed by atoms with Crippen LogP contribution >= 0.6 is 11.6 Å². The van der Waals surface area contributed by atoms with Gasteiger partial charge in [0.05, 0.1) is 12.0 Å². The topological polar surface area (TPSA) is 63.7 Å². The number of nitrogens with zero attached hydrogens (tertiary/aromatic N) is 1. The minimum atomic E-state index is -3.70. The lowest BCUT2D eigenvalue weighted by Gasteiger charge is -2.20. The van der Waals surface area contributed by atoms with Crippen LogP contribution in [0.4, 0.5) is 0 Å². The molecule has 0 aliphatic heterocycles. The Morgan fingerprint density at radius 1 is 1.27 bits per heavy atom. The zero-order valence-corrected chi connectivity index (χ0v) is 14.5. The molecule has 7 heteroatoms. The summed E-state index contributed by atoms with van der Waals surface area (Å²) in [6.45, 7) is 1.85. The van der Waals surface area contributed by atoms with Crippen LogP contribution in [0.5, 0.6) is 0 Å². The van der Waals surface area contributed by atoms with Crippen molar-refractivity contribution in [2.24, 2.45) is 0 Å². The molecule has 5 nitrogen and oxygen atoms in total. The fourth-order valence-corrected chi connectivity index (χ4v) is 3.60. The molecule has 0 aliphatic carbocycles. The number of ether oxygens (including phenoxy) is 1. The van der Waals surface area contributed by atoms with Crippen LogP contribution in [0.2, 0.25) is 0 Å². The van der Waals surface area contributed by atoms with Gasteiger partial charge in [0.25, 0.3) is 0 Å². The van der Waals surface area contributed by atoms with Crippen LogP contribution < -0.4 is 0 Å². The van der Waals surface area contributed by atoms with Crippen LogP contribution in [0.25, 0.3) is 0 Å². The Labute approximate surface area is 137 Å². The lowest BCUT2D eigenvalue weighted by Crippen LogP contribution is -2.36. The van der Waals surface area contributed by atoms with Crippen LogP contribution in [-0.2, 0) is 26.0 Å². The number of carbonyl (C=O) groups excluding carboxylic acids is 1. The molecular formula is C15H22ClNO4S. The van der Waals surface area contributed by atoms with E-state index in [1.54, 1.807) is 24.3 Å². The van der Waals surface area contributed by atoms with Crippen molar-refractivity contribution >= 4 is 27.6 Å². The molecule has 0 atom stereocenters. The van der Waals surface area contributed by atoms with E-state index in [-0.39, 0.29) is 18.0 Å². The number of sulfonamides is 1. The molecule has 1 aromatic carbocycles. The van der Waals surface area contributed by atoms with Gasteiger partial charge in [0.1, 0.15) is 6.54 Å². The minimum Gasteiger partial charge on any atom is -0.468 e. The third-order valence-corrected chi connectivity index (χ3v) is 5.29. The lowest BCUT2D eigenvalue weighted by molar-refractivity contribution is -0.140. The number of aryl methyl sites for hydroxylation is 1. The number of esters is 1. The molecule has 0 amide bonds. The molecule has 124 valence electrons. The number of carbonyl (C=O) groups is 1. The highest BCUT2D eigenvalue weighted by Gasteiger charge is 2.26. The van der Waals surface area contributed by atoms with Gasteiger partial charge in [0.15, 0.2) is 0 Å². The normalized spacial score (nSPS) is 11.6. The maximum absolute atomic E-state index is 12.6. The van der Waals surface area contributed by atoms with Crippen LogP contribution in [0.1, 0.15) is 25.3 Å². The van der Waals surface area contributed by atoms with Crippen molar-refractivity contribution in [1.29, 1.82) is 0 Å². The summed E-state index contributed by atoms with van der Waals surface area (Å²) < 4.78 is 30.9. The molecular weight excluding hydrogens is 326 g/mol. The highest BCUT2D eigenvalue weighted by atomic mass is 35.5. The standard InChI is InChI=1S/C15H22ClNO4S/c1-3-11-17(12-15(18)21-2)22(19,20)14-8-6-13(7-9-14)5-4-10-16/h6-9H,3-5,10-12H2,1-2H3. The minimum absolute atomic E-state index is 0.180. The Balaban J connectivity index is 2.95. The van der Waals surface area contributed by atoms with Crippen molar-refractivity contribution in [2.45, 2.75) is 31.1 Å². The summed E-state index contributed by atoms with van der Waals surface area (Å²) >= 11 is 5.65. The Bertz CT molecular complexity index is 572. The first-order valence-corrected chi connectivity index (χ1v) is 9.15. The van der Waals surface area contributed by atoms with E-state index < -0.39 is 16.0 Å². The maximum Gasteiger partial charge on any atom is 0.321 e. The molecule has 1 aromatic rings. The summed E-state index contributed by atoms with van der Waals surface area (Å²) in [4.78, 5) is 11.6. The molecule has 0 N–H and O–H groups in total. The van der Waals surface area contributed by atoms with Gasteiger partial charge in [0.2, 0.25) is 10.0 Å². The van der Waals surface area contributed by atoms with Crippen LogP contribution in [0.3, 0.4) is 0 Å². The Morgan fingerprint density at radius 2 is 1.91 bits per heavy atom. The molecule has 0 saturated carbocycles. The number of alkyl halides is 1. The average molecular weight is 348 g/mol. The van der Waals surface area contributed by atoms with Gasteiger partial charge < -0.3 is 4.74 Å². The van der Waals surface area contributed by atoms with E-state index in [9.17, 15) is 13.2 Å². The second kappa shape index (κ2) is 9.12. The average Bonchev–Trinajstić information content (AvgIpc) is 2.52. The first kappa shape index (κ1) is 18.9. The van der Waals surface area contributed by atoms with Gasteiger partial charge >= 0.3 is 5.97 Å². The summed E-state index contributed by atoms with van der Waals surface area (Å²) in [6, 6.07) is 6.70. The maximum atomic E-state index is 12.6. The fraction of sp³-hybridized carbons (Fsp3) is 0.533. The largest absolute Gasteiger partial charge is 0.468 e. The molecule has 0 unspecified atom stereocenters. The summed E-state index contributed by atoms with van der Waals surface area (Å²) in [5.74, 6) is -0.000498. The van der Waals surface area contributed by atoms with E-state index in [0.717, 1.165) is 22.7 Å². The Kier molecular flexibility index (Phi) is 7.85. The van der Waals surface area contributed by atoms with Gasteiger partial charge in [-0.15, -0.1) is 11.6 Å². The zero-order valence-electron chi connectivity index (χ0n) is 12.9. The van der Waals surface area contributed by atoms with Crippen molar-refractivity contribution in [2.75, 3.05) is 26.1 Å². The molecule has 0 saturated heterocycles. The number of methoxy groups -OCH3 is 1. The predicted molar refractivity (Wildman–Crippen MR) is 86.5 cm³/mol. The Morgan fingerprint density at radius 3 is 2.41 bits per heavy atom. The van der Waals surface area contributed by atoms with Crippen molar-refractivity contribution in [3.63, 3.8) is 0 Å². The van der Waals surface area contributed by atoms with Crippen molar-refractivity contribution in [3.8, 4) is 0 Å². The van der Waals surface area contributed by atoms with E-state index in [1.807, 2.05) is 6.92 Å². The zero-order chi connectivity index (χ0) is 16.6.